The van der Waals surface area contributed by atoms with Gasteiger partial charge in [-0.15, -0.1) is 0 Å². The van der Waals surface area contributed by atoms with Crippen LogP contribution in [-0.2, 0) is 16.9 Å². The van der Waals surface area contributed by atoms with Gasteiger partial charge in [-0.25, -0.2) is 0 Å². The molecule has 1 amide bonds. The summed E-state index contributed by atoms with van der Waals surface area (Å²) >= 11 is 3.57. The number of nitro groups is 1. The van der Waals surface area contributed by atoms with E-state index in [0.717, 1.165) is 28.4 Å². The molecule has 3 heterocycles. The molecule has 0 aromatic heterocycles. The molecule has 2 fully saturated rings. The van der Waals surface area contributed by atoms with Gasteiger partial charge in [0.15, 0.2) is 5.54 Å². The van der Waals surface area contributed by atoms with Crippen LogP contribution >= 0.6 is 15.9 Å². The number of anilines is 1. The van der Waals surface area contributed by atoms with E-state index in [1.807, 2.05) is 73.7 Å². The molecule has 3 aromatic rings. The average Bonchev–Trinajstić information content (AvgIpc) is 3.52. The zero-order chi connectivity index (χ0) is 25.0. The van der Waals surface area contributed by atoms with Crippen molar-refractivity contribution in [2.45, 2.75) is 49.9 Å². The lowest BCUT2D eigenvalue weighted by molar-refractivity contribution is -0.534. The third-order valence-electron chi connectivity index (χ3n) is 7.94. The van der Waals surface area contributed by atoms with Crippen molar-refractivity contribution in [1.29, 1.82) is 0 Å². The van der Waals surface area contributed by atoms with Gasteiger partial charge in [0.25, 0.3) is 11.9 Å². The van der Waals surface area contributed by atoms with Crippen LogP contribution in [-0.4, -0.2) is 34.4 Å². The summed E-state index contributed by atoms with van der Waals surface area (Å²) in [6.07, 6.45) is 1.67. The van der Waals surface area contributed by atoms with Crippen molar-refractivity contribution in [3.63, 3.8) is 0 Å². The number of fused-ring (bicyclic) bond motifs is 4. The van der Waals surface area contributed by atoms with Gasteiger partial charge >= 0.3 is 0 Å². The van der Waals surface area contributed by atoms with Gasteiger partial charge in [0.05, 0.1) is 5.92 Å². The number of para-hydroxylation sites is 1. The highest BCUT2D eigenvalue weighted by atomic mass is 79.9. The Labute approximate surface area is 217 Å². The molecule has 3 aliphatic rings. The minimum absolute atomic E-state index is 0.145. The standard InChI is InChI=1S/C28H26BrN3O4/c1-17-8-10-18(11-9-17)16-36-24-13-12-19(29)15-20(24)25-23-7-4-14-31(23)28(26(25)32(34)35)21-5-2-3-6-22(21)30-27(28)33/h2-3,5-6,8-13,15,23,25-26H,4,7,14,16H2,1H3,(H,30,33)/t23-,25+,26+,28-/m0/s1. The second kappa shape index (κ2) is 8.71. The topological polar surface area (TPSA) is 84.7 Å². The van der Waals surface area contributed by atoms with Crippen LogP contribution in [0.15, 0.2) is 71.2 Å². The van der Waals surface area contributed by atoms with Crippen molar-refractivity contribution < 1.29 is 14.5 Å². The summed E-state index contributed by atoms with van der Waals surface area (Å²) in [5.41, 5.74) is 2.97. The molecule has 6 rings (SSSR count). The molecule has 4 atom stereocenters. The normalized spacial score (nSPS) is 26.6. The molecule has 7 nitrogen and oxygen atoms in total. The molecule has 184 valence electrons. The molecule has 0 radical (unpaired) electrons. The Morgan fingerprint density at radius 1 is 1.17 bits per heavy atom. The molecule has 2 saturated heterocycles. The summed E-state index contributed by atoms with van der Waals surface area (Å²) in [5.74, 6) is -0.201. The van der Waals surface area contributed by atoms with E-state index in [4.69, 9.17) is 4.74 Å². The van der Waals surface area contributed by atoms with Crippen LogP contribution in [0, 0.1) is 17.0 Å². The number of hydrogen-bond donors (Lipinski definition) is 1. The van der Waals surface area contributed by atoms with Crippen molar-refractivity contribution in [1.82, 2.24) is 4.90 Å². The Balaban J connectivity index is 1.47. The van der Waals surface area contributed by atoms with Gasteiger partial charge in [-0.3, -0.25) is 19.8 Å². The molecule has 1 N–H and O–H groups in total. The molecule has 0 aliphatic carbocycles. The number of carbonyl (C=O) groups excluding carboxylic acids is 1. The number of benzene rings is 3. The quantitative estimate of drug-likeness (QED) is 0.342. The highest BCUT2D eigenvalue weighted by molar-refractivity contribution is 9.10. The summed E-state index contributed by atoms with van der Waals surface area (Å²) in [7, 11) is 0. The van der Waals surface area contributed by atoms with E-state index in [1.54, 1.807) is 0 Å². The van der Waals surface area contributed by atoms with Gasteiger partial charge in [-0.1, -0.05) is 64.0 Å². The summed E-state index contributed by atoms with van der Waals surface area (Å²) < 4.78 is 7.12. The largest absolute Gasteiger partial charge is 0.489 e. The fourth-order valence-corrected chi connectivity index (χ4v) is 6.88. The minimum atomic E-state index is -1.34. The molecule has 1 spiro atoms. The van der Waals surface area contributed by atoms with Crippen LogP contribution in [0.1, 0.15) is 41.0 Å². The zero-order valence-electron chi connectivity index (χ0n) is 19.8. The van der Waals surface area contributed by atoms with E-state index in [9.17, 15) is 14.9 Å². The Morgan fingerprint density at radius 2 is 1.94 bits per heavy atom. The van der Waals surface area contributed by atoms with E-state index in [1.165, 1.54) is 5.56 Å². The molecular weight excluding hydrogens is 522 g/mol. The summed E-state index contributed by atoms with van der Waals surface area (Å²) in [6.45, 7) is 3.03. The van der Waals surface area contributed by atoms with E-state index in [2.05, 4.69) is 26.1 Å². The van der Waals surface area contributed by atoms with Crippen LogP contribution in [0.4, 0.5) is 5.69 Å². The lowest BCUT2D eigenvalue weighted by Gasteiger charge is -2.32. The second-order valence-electron chi connectivity index (χ2n) is 9.88. The fourth-order valence-electron chi connectivity index (χ4n) is 6.50. The first-order chi connectivity index (χ1) is 17.4. The lowest BCUT2D eigenvalue weighted by Crippen LogP contribution is -2.55. The SMILES string of the molecule is Cc1ccc(COc2ccc(Br)cc2[C@@H]2[C@@H]3CCCN3[C@]3(C(=O)Nc4ccccc43)[C@@H]2[N+](=O)[O-])cc1. The number of aryl methyl sites for hydroxylation is 1. The van der Waals surface area contributed by atoms with Crippen LogP contribution in [0.5, 0.6) is 5.75 Å². The Kier molecular flexibility index (Phi) is 5.61. The van der Waals surface area contributed by atoms with Crippen molar-refractivity contribution in [2.24, 2.45) is 0 Å². The second-order valence-corrected chi connectivity index (χ2v) is 10.8. The minimum Gasteiger partial charge on any atom is -0.489 e. The molecule has 3 aromatic carbocycles. The Bertz CT molecular complexity index is 1360. The fraction of sp³-hybridized carbons (Fsp3) is 0.321. The smallest absolute Gasteiger partial charge is 0.256 e. The molecule has 3 aliphatic heterocycles. The molecule has 8 heteroatoms. The lowest BCUT2D eigenvalue weighted by atomic mass is 9.77. The zero-order valence-corrected chi connectivity index (χ0v) is 21.4. The van der Waals surface area contributed by atoms with Crippen LogP contribution in [0.2, 0.25) is 0 Å². The van der Waals surface area contributed by atoms with Gasteiger partial charge < -0.3 is 10.1 Å². The maximum absolute atomic E-state index is 13.7. The molecule has 0 bridgehead atoms. The van der Waals surface area contributed by atoms with Crippen LogP contribution in [0.25, 0.3) is 0 Å². The van der Waals surface area contributed by atoms with Crippen molar-refractivity contribution >= 4 is 27.5 Å². The average molecular weight is 548 g/mol. The molecule has 0 saturated carbocycles. The maximum Gasteiger partial charge on any atom is 0.256 e. The number of nitrogens with zero attached hydrogens (tertiary/aromatic N) is 2. The first kappa shape index (κ1) is 23.2. The Hall–Kier alpha value is -3.23. The number of hydrogen-bond acceptors (Lipinski definition) is 5. The number of ether oxygens (including phenoxy) is 1. The van der Waals surface area contributed by atoms with Gasteiger partial charge in [0.2, 0.25) is 0 Å². The summed E-state index contributed by atoms with van der Waals surface area (Å²) in [4.78, 5) is 28.4. The van der Waals surface area contributed by atoms with Gasteiger partial charge in [-0.2, -0.15) is 0 Å². The highest BCUT2D eigenvalue weighted by Crippen LogP contribution is 2.59. The number of amides is 1. The monoisotopic (exact) mass is 547 g/mol. The van der Waals surface area contributed by atoms with E-state index in [0.29, 0.717) is 30.2 Å². The Morgan fingerprint density at radius 3 is 2.72 bits per heavy atom. The maximum atomic E-state index is 13.7. The predicted molar refractivity (Wildman–Crippen MR) is 140 cm³/mol. The van der Waals surface area contributed by atoms with E-state index < -0.39 is 17.5 Å². The first-order valence-corrected chi connectivity index (χ1v) is 13.0. The molecular formula is C28H26BrN3O4. The number of carbonyl (C=O) groups is 1. The third-order valence-corrected chi connectivity index (χ3v) is 8.43. The van der Waals surface area contributed by atoms with E-state index in [-0.39, 0.29) is 16.9 Å². The number of nitrogens with one attached hydrogen (secondary N) is 1. The first-order valence-electron chi connectivity index (χ1n) is 12.2. The molecule has 0 unspecified atom stereocenters. The predicted octanol–water partition coefficient (Wildman–Crippen LogP) is 5.39. The number of rotatable bonds is 5. The van der Waals surface area contributed by atoms with Crippen LogP contribution < -0.4 is 10.1 Å². The summed E-state index contributed by atoms with van der Waals surface area (Å²) in [5, 5.41) is 15.8. The van der Waals surface area contributed by atoms with Gasteiger partial charge in [-0.05, 0) is 49.6 Å². The van der Waals surface area contributed by atoms with Gasteiger partial charge in [0, 0.05) is 38.8 Å². The van der Waals surface area contributed by atoms with Crippen molar-refractivity contribution in [3.8, 4) is 5.75 Å². The van der Waals surface area contributed by atoms with E-state index >= 15 is 0 Å². The van der Waals surface area contributed by atoms with Crippen molar-refractivity contribution in [3.05, 3.63) is 104 Å². The van der Waals surface area contributed by atoms with Gasteiger partial charge in [0.1, 0.15) is 12.4 Å². The van der Waals surface area contributed by atoms with Crippen molar-refractivity contribution in [2.75, 3.05) is 11.9 Å². The third kappa shape index (κ3) is 3.38. The molecule has 36 heavy (non-hydrogen) atoms. The highest BCUT2D eigenvalue weighted by Gasteiger charge is 2.73. The van der Waals surface area contributed by atoms with Crippen LogP contribution in [0.3, 0.4) is 0 Å². The number of halogens is 1. The summed E-state index contributed by atoms with van der Waals surface area (Å²) in [6, 6.07) is 19.9.